The number of benzene rings is 2. The number of fused-ring (bicyclic) bond motifs is 1. The number of nitrogens with zero attached hydrogens (tertiary/aromatic N) is 1. The number of hydrogen-bond donors (Lipinski definition) is 3. The molecule has 0 fully saturated rings. The predicted octanol–water partition coefficient (Wildman–Crippen LogP) is 4.70. The van der Waals surface area contributed by atoms with Crippen molar-refractivity contribution in [2.45, 2.75) is 20.8 Å². The fraction of sp³-hybridized carbons (Fsp3) is 0.286. The Kier molecular flexibility index (Phi) is 7.55. The highest BCUT2D eigenvalue weighted by Crippen LogP contribution is 2.38. The average Bonchev–Trinajstić information content (AvgIpc) is 3.37. The Hall–Kier alpha value is -3.91. The second-order valence-electron chi connectivity index (χ2n) is 8.63. The van der Waals surface area contributed by atoms with Gasteiger partial charge >= 0.3 is 0 Å². The second kappa shape index (κ2) is 10.8. The Labute approximate surface area is 210 Å². The zero-order chi connectivity index (χ0) is 25.8. The molecule has 0 unspecified atom stereocenters. The van der Waals surface area contributed by atoms with E-state index in [1.165, 1.54) is 12.1 Å². The molecular formula is C28H31FN4O3. The monoisotopic (exact) mass is 490 g/mol. The minimum Gasteiger partial charge on any atom is -0.497 e. The molecule has 1 aromatic heterocycles. The number of amides is 2. The summed E-state index contributed by atoms with van der Waals surface area (Å²) in [5.41, 5.74) is 4.85. The van der Waals surface area contributed by atoms with Crippen molar-refractivity contribution in [1.29, 1.82) is 0 Å². The van der Waals surface area contributed by atoms with Gasteiger partial charge in [-0.2, -0.15) is 0 Å². The molecule has 4 rings (SSSR count). The standard InChI is InChI=1S/C28H31FN4O3/c1-5-33(6-2)14-13-30-28(35)25-17(3)31-24(26(25)18-7-9-19(29)10-8-18)16-22-21-15-20(36-4)11-12-23(21)32-27(22)34/h7-12,15-16,31H,5-6,13-14H2,1-4H3,(H,30,35)(H,32,34). The number of aromatic amines is 1. The van der Waals surface area contributed by atoms with Crippen LogP contribution in [0, 0.1) is 12.7 Å². The van der Waals surface area contributed by atoms with E-state index in [-0.39, 0.29) is 17.6 Å². The van der Waals surface area contributed by atoms with Crippen molar-refractivity contribution in [2.75, 3.05) is 38.6 Å². The van der Waals surface area contributed by atoms with Crippen LogP contribution in [0.25, 0.3) is 22.8 Å². The largest absolute Gasteiger partial charge is 0.497 e. The van der Waals surface area contributed by atoms with Gasteiger partial charge in [0.15, 0.2) is 0 Å². The summed E-state index contributed by atoms with van der Waals surface area (Å²) in [6, 6.07) is 11.4. The van der Waals surface area contributed by atoms with Gasteiger partial charge in [-0.3, -0.25) is 9.59 Å². The van der Waals surface area contributed by atoms with Gasteiger partial charge in [-0.05, 0) is 62.0 Å². The van der Waals surface area contributed by atoms with E-state index in [1.807, 2.05) is 6.92 Å². The molecule has 1 aliphatic heterocycles. The molecule has 7 nitrogen and oxygen atoms in total. The van der Waals surface area contributed by atoms with Gasteiger partial charge in [0, 0.05) is 41.3 Å². The van der Waals surface area contributed by atoms with Crippen molar-refractivity contribution >= 4 is 29.2 Å². The highest BCUT2D eigenvalue weighted by Gasteiger charge is 2.27. The van der Waals surface area contributed by atoms with E-state index >= 15 is 0 Å². The zero-order valence-electron chi connectivity index (χ0n) is 21.0. The maximum atomic E-state index is 13.7. The molecule has 0 aliphatic carbocycles. The number of likely N-dealkylation sites (N-methyl/N-ethyl adjacent to an activating group) is 1. The quantitative estimate of drug-likeness (QED) is 0.380. The average molecular weight is 491 g/mol. The van der Waals surface area contributed by atoms with Crippen LogP contribution in [-0.2, 0) is 4.79 Å². The molecule has 0 radical (unpaired) electrons. The summed E-state index contributed by atoms with van der Waals surface area (Å²) in [5.74, 6) is -0.211. The van der Waals surface area contributed by atoms with Crippen molar-refractivity contribution in [2.24, 2.45) is 0 Å². The Morgan fingerprint density at radius 2 is 1.86 bits per heavy atom. The minimum absolute atomic E-state index is 0.224. The number of halogens is 1. The fourth-order valence-electron chi connectivity index (χ4n) is 4.50. The van der Waals surface area contributed by atoms with Crippen LogP contribution in [0.2, 0.25) is 0 Å². The van der Waals surface area contributed by atoms with E-state index in [0.717, 1.165) is 19.6 Å². The first-order chi connectivity index (χ1) is 17.4. The number of nitrogens with one attached hydrogen (secondary N) is 3. The number of carbonyl (C=O) groups excluding carboxylic acids is 2. The van der Waals surface area contributed by atoms with Crippen molar-refractivity contribution in [3.63, 3.8) is 0 Å². The summed E-state index contributed by atoms with van der Waals surface area (Å²) in [6.07, 6.45) is 1.74. The number of hydrogen-bond acceptors (Lipinski definition) is 4. The first kappa shape index (κ1) is 25.2. The summed E-state index contributed by atoms with van der Waals surface area (Å²) >= 11 is 0. The number of rotatable bonds is 9. The van der Waals surface area contributed by atoms with Crippen LogP contribution in [-0.4, -0.2) is 55.0 Å². The van der Waals surface area contributed by atoms with Crippen molar-refractivity contribution in [1.82, 2.24) is 15.2 Å². The van der Waals surface area contributed by atoms with E-state index in [2.05, 4.69) is 34.4 Å². The Morgan fingerprint density at radius 3 is 2.53 bits per heavy atom. The SMILES string of the molecule is CCN(CC)CCNC(=O)c1c(C)[nH]c(C=C2C(=O)Nc3ccc(OC)cc32)c1-c1ccc(F)cc1. The van der Waals surface area contributed by atoms with Crippen LogP contribution in [0.4, 0.5) is 10.1 Å². The molecule has 8 heteroatoms. The van der Waals surface area contributed by atoms with Gasteiger partial charge in [0.1, 0.15) is 11.6 Å². The molecule has 0 saturated carbocycles. The Balaban J connectivity index is 1.77. The Morgan fingerprint density at radius 1 is 1.14 bits per heavy atom. The van der Waals surface area contributed by atoms with Gasteiger partial charge < -0.3 is 25.3 Å². The summed E-state index contributed by atoms with van der Waals surface area (Å²) in [4.78, 5) is 31.7. The topological polar surface area (TPSA) is 86.5 Å². The van der Waals surface area contributed by atoms with E-state index in [1.54, 1.807) is 43.5 Å². The first-order valence-electron chi connectivity index (χ1n) is 12.1. The number of ether oxygens (including phenoxy) is 1. The first-order valence-corrected chi connectivity index (χ1v) is 12.1. The van der Waals surface area contributed by atoms with Crippen LogP contribution in [0.5, 0.6) is 5.75 Å². The molecule has 188 valence electrons. The van der Waals surface area contributed by atoms with Crippen molar-refractivity contribution in [3.8, 4) is 16.9 Å². The van der Waals surface area contributed by atoms with E-state index in [0.29, 0.717) is 57.2 Å². The van der Waals surface area contributed by atoms with Gasteiger partial charge in [-0.15, -0.1) is 0 Å². The number of anilines is 1. The lowest BCUT2D eigenvalue weighted by molar-refractivity contribution is -0.110. The molecule has 0 bridgehead atoms. The number of methoxy groups -OCH3 is 1. The molecule has 3 N–H and O–H groups in total. The highest BCUT2D eigenvalue weighted by molar-refractivity contribution is 6.35. The molecule has 3 aromatic rings. The normalized spacial score (nSPS) is 13.7. The number of aryl methyl sites for hydroxylation is 1. The van der Waals surface area contributed by atoms with Crippen LogP contribution in [0.1, 0.15) is 41.2 Å². The summed E-state index contributed by atoms with van der Waals surface area (Å²) in [5, 5.41) is 5.88. The number of H-pyrrole nitrogens is 1. The van der Waals surface area contributed by atoms with Crippen LogP contribution in [0.3, 0.4) is 0 Å². The Bertz CT molecular complexity index is 1310. The highest BCUT2D eigenvalue weighted by atomic mass is 19.1. The van der Waals surface area contributed by atoms with E-state index in [4.69, 9.17) is 4.74 Å². The predicted molar refractivity (Wildman–Crippen MR) is 141 cm³/mol. The summed E-state index contributed by atoms with van der Waals surface area (Å²) in [7, 11) is 1.57. The second-order valence-corrected chi connectivity index (χ2v) is 8.63. The maximum Gasteiger partial charge on any atom is 0.256 e. The lowest BCUT2D eigenvalue weighted by Crippen LogP contribution is -2.35. The molecule has 2 heterocycles. The van der Waals surface area contributed by atoms with E-state index in [9.17, 15) is 14.0 Å². The molecule has 2 amide bonds. The molecule has 36 heavy (non-hydrogen) atoms. The minimum atomic E-state index is -0.368. The molecule has 2 aromatic carbocycles. The smallest absolute Gasteiger partial charge is 0.256 e. The van der Waals surface area contributed by atoms with Crippen molar-refractivity contribution in [3.05, 3.63) is 70.8 Å². The molecule has 0 saturated heterocycles. The van der Waals surface area contributed by atoms with Gasteiger partial charge in [0.05, 0.1) is 18.2 Å². The molecule has 0 spiro atoms. The van der Waals surface area contributed by atoms with Gasteiger partial charge in [0.25, 0.3) is 11.8 Å². The third-order valence-electron chi connectivity index (χ3n) is 6.48. The van der Waals surface area contributed by atoms with Crippen LogP contribution < -0.4 is 15.4 Å². The lowest BCUT2D eigenvalue weighted by atomic mass is 9.97. The maximum absolute atomic E-state index is 13.7. The van der Waals surface area contributed by atoms with Crippen molar-refractivity contribution < 1.29 is 18.7 Å². The fourth-order valence-corrected chi connectivity index (χ4v) is 4.50. The number of aromatic nitrogens is 1. The lowest BCUT2D eigenvalue weighted by Gasteiger charge is -2.18. The zero-order valence-corrected chi connectivity index (χ0v) is 21.0. The van der Waals surface area contributed by atoms with E-state index < -0.39 is 0 Å². The van der Waals surface area contributed by atoms with Crippen LogP contribution in [0.15, 0.2) is 42.5 Å². The molecule has 1 aliphatic rings. The van der Waals surface area contributed by atoms with Crippen LogP contribution >= 0.6 is 0 Å². The van der Waals surface area contributed by atoms with Gasteiger partial charge in [-0.1, -0.05) is 26.0 Å². The molecular weight excluding hydrogens is 459 g/mol. The third-order valence-corrected chi connectivity index (χ3v) is 6.48. The third kappa shape index (κ3) is 5.04. The number of carbonyl (C=O) groups is 2. The van der Waals surface area contributed by atoms with Gasteiger partial charge in [-0.25, -0.2) is 4.39 Å². The summed E-state index contributed by atoms with van der Waals surface area (Å²) in [6.45, 7) is 9.04. The van der Waals surface area contributed by atoms with Gasteiger partial charge in [0.2, 0.25) is 0 Å². The summed E-state index contributed by atoms with van der Waals surface area (Å²) < 4.78 is 19.1. The molecule has 0 atom stereocenters.